The molecule has 0 aliphatic heterocycles. The fourth-order valence-electron chi connectivity index (χ4n) is 0. The Morgan fingerprint density at radius 3 is 1.80 bits per heavy atom. The van der Waals surface area contributed by atoms with Gasteiger partial charge in [-0.1, -0.05) is 0 Å². The minimum Gasteiger partial charge on any atom is -1.00 e. The van der Waals surface area contributed by atoms with Crippen molar-refractivity contribution in [2.45, 2.75) is 0 Å². The van der Waals surface area contributed by atoms with Gasteiger partial charge >= 0.3 is 35.7 Å². The van der Waals surface area contributed by atoms with Crippen LogP contribution in [0.5, 0.6) is 0 Å². The van der Waals surface area contributed by atoms with E-state index in [0.29, 0.717) is 0 Å². The predicted octanol–water partition coefficient (Wildman–Crippen LogP) is -2.42. The largest absolute Gasteiger partial charge is 1.00 e. The van der Waals surface area contributed by atoms with E-state index < -0.39 is 6.16 Å². The molecule has 4 heteroatoms. The number of carboxylic acid groups (broad SMARTS) is 2. The van der Waals surface area contributed by atoms with Crippen LogP contribution in [0.15, 0.2) is 0 Å². The van der Waals surface area contributed by atoms with Crippen LogP contribution in [0.1, 0.15) is 2.85 Å². The van der Waals surface area contributed by atoms with Crippen molar-refractivity contribution in [1.82, 2.24) is 0 Å². The Balaban J connectivity index is -0.0000000150. The third-order valence-corrected chi connectivity index (χ3v) is 0. The summed E-state index contributed by atoms with van der Waals surface area (Å²) in [7, 11) is 0. The maximum atomic E-state index is 8.56. The first-order valence-corrected chi connectivity index (χ1v) is 0.651. The molecule has 3 nitrogen and oxygen atoms in total. The van der Waals surface area contributed by atoms with Crippen molar-refractivity contribution in [2.75, 3.05) is 0 Å². The van der Waals surface area contributed by atoms with Crippen LogP contribution in [0.25, 0.3) is 0 Å². The Bertz CT molecular complexity index is 35.9. The molecule has 0 aliphatic carbocycles. The molecule has 0 aromatic heterocycles. The molecular weight excluding hydrogens is 83.0 g/mol. The van der Waals surface area contributed by atoms with E-state index in [1.165, 1.54) is 0 Å². The van der Waals surface area contributed by atoms with Crippen molar-refractivity contribution < 1.29 is 47.4 Å². The Morgan fingerprint density at radius 2 is 1.80 bits per heavy atom. The van der Waals surface area contributed by atoms with Gasteiger partial charge in [0, 0.05) is 1.43 Å². The zero-order valence-electron chi connectivity index (χ0n) is 3.80. The quantitative estimate of drug-likeness (QED) is 0.324. The van der Waals surface area contributed by atoms with Crippen molar-refractivity contribution in [2.24, 2.45) is 0 Å². The smallest absolute Gasteiger partial charge is 1.00 e. The summed E-state index contributed by atoms with van der Waals surface area (Å²) < 4.78 is 0. The zero-order chi connectivity index (χ0) is 3.58. The van der Waals surface area contributed by atoms with Crippen LogP contribution in [-0.4, -0.2) is 16.4 Å². The zero-order valence-corrected chi connectivity index (χ0v) is 4.80. The maximum Gasteiger partial charge on any atom is 1.00 e. The van der Waals surface area contributed by atoms with Gasteiger partial charge in [-0.2, -0.15) is 0 Å². The molecule has 5 heavy (non-hydrogen) atoms. The van der Waals surface area contributed by atoms with Crippen LogP contribution >= 0.6 is 0 Å². The normalized spacial score (nSPS) is 4.80. The van der Waals surface area contributed by atoms with Crippen LogP contribution in [0.4, 0.5) is 4.79 Å². The van der Waals surface area contributed by atoms with Crippen LogP contribution in [0.2, 0.25) is 0 Å². The van der Waals surface area contributed by atoms with Crippen molar-refractivity contribution in [3.63, 3.8) is 0 Å². The molecule has 0 radical (unpaired) electrons. The maximum absolute atomic E-state index is 8.56. The molecule has 0 unspecified atom stereocenters. The van der Waals surface area contributed by atoms with Gasteiger partial charge in [0.2, 0.25) is 0 Å². The topological polar surface area (TPSA) is 57.5 Å². The first-order chi connectivity index (χ1) is 1.73. The molecule has 0 bridgehead atoms. The average Bonchev–Trinajstić information content (AvgIpc) is 0.811. The molecule has 2 N–H and O–H groups in total. The van der Waals surface area contributed by atoms with E-state index in [4.69, 9.17) is 15.0 Å². The molecule has 0 aliphatic rings. The van der Waals surface area contributed by atoms with E-state index >= 15 is 0 Å². The SMILES string of the molecule is O=C(O)O.[H-].[HH].[Na+]. The standard InChI is InChI=1S/CH2O3.Na.H2.H/c2-1(3)4;;;/h(H2,2,3,4);;1H;/q;+1;;-1. The monoisotopic (exact) mass is 88.0 g/mol. The van der Waals surface area contributed by atoms with Crippen LogP contribution in [-0.2, 0) is 0 Å². The minimum atomic E-state index is -1.83. The third kappa shape index (κ3) is 302. The number of hydrogen-bond donors (Lipinski definition) is 2. The molecule has 0 saturated heterocycles. The summed E-state index contributed by atoms with van der Waals surface area (Å²) in [4.78, 5) is 8.56. The van der Waals surface area contributed by atoms with Crippen molar-refractivity contribution >= 4 is 6.16 Å². The number of carbonyl (C=O) groups is 1. The van der Waals surface area contributed by atoms with Gasteiger partial charge in [0.15, 0.2) is 0 Å². The summed E-state index contributed by atoms with van der Waals surface area (Å²) in [5, 5.41) is 13.9. The molecule has 0 amide bonds. The average molecular weight is 88.0 g/mol. The second kappa shape index (κ2) is 4.27. The molecule has 0 aromatic carbocycles. The van der Waals surface area contributed by atoms with Gasteiger partial charge < -0.3 is 11.6 Å². The fourth-order valence-corrected chi connectivity index (χ4v) is 0. The summed E-state index contributed by atoms with van der Waals surface area (Å²) in [6.07, 6.45) is -1.83. The van der Waals surface area contributed by atoms with Crippen LogP contribution in [0.3, 0.4) is 0 Å². The molecular formula is CH5NaO3. The Kier molecular flexibility index (Phi) is 7.67. The molecule has 0 heterocycles. The fraction of sp³-hybridized carbons (Fsp3) is 0. The van der Waals surface area contributed by atoms with E-state index in [-0.39, 0.29) is 32.4 Å². The second-order valence-corrected chi connectivity index (χ2v) is 0.283. The Labute approximate surface area is 53.9 Å². The van der Waals surface area contributed by atoms with Gasteiger partial charge in [0.05, 0.1) is 0 Å². The van der Waals surface area contributed by atoms with Gasteiger partial charge in [-0.25, -0.2) is 4.79 Å². The Morgan fingerprint density at radius 1 is 1.80 bits per heavy atom. The molecule has 0 atom stereocenters. The van der Waals surface area contributed by atoms with Gasteiger partial charge in [-0.3, -0.25) is 0 Å². The van der Waals surface area contributed by atoms with E-state index in [1.54, 1.807) is 0 Å². The van der Waals surface area contributed by atoms with E-state index in [1.807, 2.05) is 0 Å². The van der Waals surface area contributed by atoms with E-state index in [9.17, 15) is 0 Å². The van der Waals surface area contributed by atoms with Crippen molar-refractivity contribution in [3.05, 3.63) is 0 Å². The van der Waals surface area contributed by atoms with E-state index in [0.717, 1.165) is 0 Å². The number of rotatable bonds is 0. The molecule has 0 saturated carbocycles. The first-order valence-electron chi connectivity index (χ1n) is 0.651. The third-order valence-electron chi connectivity index (χ3n) is 0. The predicted molar refractivity (Wildman–Crippen MR) is 13.9 cm³/mol. The summed E-state index contributed by atoms with van der Waals surface area (Å²) in [5.74, 6) is 0. The first kappa shape index (κ1) is 8.99. The van der Waals surface area contributed by atoms with Crippen LogP contribution in [0, 0.1) is 0 Å². The van der Waals surface area contributed by atoms with Crippen molar-refractivity contribution in [1.29, 1.82) is 0 Å². The molecule has 0 rings (SSSR count). The van der Waals surface area contributed by atoms with Gasteiger partial charge in [0.25, 0.3) is 0 Å². The summed E-state index contributed by atoms with van der Waals surface area (Å²) in [5.41, 5.74) is 0. The number of hydrogen-bond acceptors (Lipinski definition) is 1. The van der Waals surface area contributed by atoms with Crippen molar-refractivity contribution in [3.8, 4) is 0 Å². The van der Waals surface area contributed by atoms with Gasteiger partial charge in [-0.05, 0) is 0 Å². The second-order valence-electron chi connectivity index (χ2n) is 0.283. The molecule has 28 valence electrons. The Hall–Kier alpha value is 0.270. The molecule has 0 spiro atoms. The minimum absolute atomic E-state index is 0. The summed E-state index contributed by atoms with van der Waals surface area (Å²) >= 11 is 0. The summed E-state index contributed by atoms with van der Waals surface area (Å²) in [6.45, 7) is 0. The van der Waals surface area contributed by atoms with E-state index in [2.05, 4.69) is 0 Å². The molecule has 0 fully saturated rings. The summed E-state index contributed by atoms with van der Waals surface area (Å²) in [6, 6.07) is 0. The van der Waals surface area contributed by atoms with Gasteiger partial charge in [0.1, 0.15) is 0 Å². The van der Waals surface area contributed by atoms with Gasteiger partial charge in [-0.15, -0.1) is 0 Å². The van der Waals surface area contributed by atoms with Crippen LogP contribution < -0.4 is 29.6 Å². The molecule has 0 aromatic rings.